The van der Waals surface area contributed by atoms with Gasteiger partial charge in [-0.3, -0.25) is 4.99 Å². The summed E-state index contributed by atoms with van der Waals surface area (Å²) < 4.78 is 0. The molecule has 0 aromatic carbocycles. The molecule has 9 heavy (non-hydrogen) atoms. The van der Waals surface area contributed by atoms with Gasteiger partial charge in [0, 0.05) is 18.0 Å². The molecule has 0 aromatic rings. The first-order valence-corrected chi connectivity index (χ1v) is 2.99. The zero-order chi connectivity index (χ0) is 7.11. The van der Waals surface area contributed by atoms with Crippen LogP contribution < -0.4 is 0 Å². The molecule has 0 aliphatic rings. The second kappa shape index (κ2) is 5.11. The number of aliphatic imine (C=N–C) groups is 1. The first kappa shape index (κ1) is 7.97. The van der Waals surface area contributed by atoms with Crippen molar-refractivity contribution in [3.8, 4) is 12.3 Å². The predicted octanol–water partition coefficient (Wildman–Crippen LogP) is 2.00. The van der Waals surface area contributed by atoms with Crippen LogP contribution in [0.5, 0.6) is 0 Å². The summed E-state index contributed by atoms with van der Waals surface area (Å²) in [5, 5.41) is 0. The van der Waals surface area contributed by atoms with E-state index in [-0.39, 0.29) is 0 Å². The summed E-state index contributed by atoms with van der Waals surface area (Å²) in [4.78, 5) is 4.03. The first-order chi connectivity index (χ1) is 4.35. The van der Waals surface area contributed by atoms with E-state index < -0.39 is 0 Å². The van der Waals surface area contributed by atoms with E-state index in [2.05, 4.69) is 10.9 Å². The van der Waals surface area contributed by atoms with Crippen LogP contribution in [0.2, 0.25) is 0 Å². The highest BCUT2D eigenvalue weighted by atomic mass is 14.7. The molecular formula is C8H11N. The third-order valence-corrected chi connectivity index (χ3v) is 0.907. The van der Waals surface area contributed by atoms with Crippen molar-refractivity contribution in [1.82, 2.24) is 0 Å². The summed E-state index contributed by atoms with van der Waals surface area (Å²) in [6, 6.07) is 0. The van der Waals surface area contributed by atoms with Crippen molar-refractivity contribution < 1.29 is 0 Å². The van der Waals surface area contributed by atoms with Crippen molar-refractivity contribution in [3.63, 3.8) is 0 Å². The third-order valence-electron chi connectivity index (χ3n) is 0.907. The van der Waals surface area contributed by atoms with Crippen molar-refractivity contribution >= 4 is 6.21 Å². The predicted molar refractivity (Wildman–Crippen MR) is 41.4 cm³/mol. The highest BCUT2D eigenvalue weighted by molar-refractivity contribution is 5.55. The lowest BCUT2D eigenvalue weighted by atomic mass is 10.3. The minimum atomic E-state index is 0.897. The van der Waals surface area contributed by atoms with Gasteiger partial charge in [-0.15, -0.1) is 6.42 Å². The summed E-state index contributed by atoms with van der Waals surface area (Å²) in [5.74, 6) is 2.43. The largest absolute Gasteiger partial charge is 0.265 e. The fraction of sp³-hybridized carbons (Fsp3) is 0.375. The lowest BCUT2D eigenvalue weighted by Gasteiger charge is -1.89. The van der Waals surface area contributed by atoms with Crippen LogP contribution in [0.3, 0.4) is 0 Å². The molecule has 0 saturated carbocycles. The Morgan fingerprint density at radius 2 is 2.44 bits per heavy atom. The van der Waals surface area contributed by atoms with Gasteiger partial charge in [-0.05, 0) is 13.3 Å². The molecule has 1 nitrogen and oxygen atoms in total. The molecule has 48 valence electrons. The number of hydrogen-bond donors (Lipinski definition) is 0. The summed E-state index contributed by atoms with van der Waals surface area (Å²) in [6.07, 6.45) is 9.36. The smallest absolute Gasteiger partial charge is 0.0479 e. The molecule has 0 saturated heterocycles. The van der Waals surface area contributed by atoms with Gasteiger partial charge >= 0.3 is 0 Å². The Morgan fingerprint density at radius 3 is 2.78 bits per heavy atom. The van der Waals surface area contributed by atoms with Crippen LogP contribution in [0.15, 0.2) is 16.8 Å². The van der Waals surface area contributed by atoms with E-state index in [4.69, 9.17) is 6.42 Å². The number of nitrogens with zero attached hydrogens (tertiary/aromatic N) is 1. The highest BCUT2D eigenvalue weighted by Crippen LogP contribution is 1.99. The van der Waals surface area contributed by atoms with Crippen LogP contribution in [-0.2, 0) is 0 Å². The van der Waals surface area contributed by atoms with Crippen molar-refractivity contribution in [1.29, 1.82) is 0 Å². The van der Waals surface area contributed by atoms with E-state index in [1.165, 1.54) is 0 Å². The quantitative estimate of drug-likeness (QED) is 0.391. The van der Waals surface area contributed by atoms with E-state index in [1.54, 1.807) is 12.3 Å². The summed E-state index contributed by atoms with van der Waals surface area (Å²) >= 11 is 0. The minimum Gasteiger partial charge on any atom is -0.265 e. The van der Waals surface area contributed by atoms with E-state index in [9.17, 15) is 0 Å². The summed E-state index contributed by atoms with van der Waals surface area (Å²) in [5.41, 5.74) is 0.958. The lowest BCUT2D eigenvalue weighted by Crippen LogP contribution is -1.73. The van der Waals surface area contributed by atoms with Crippen LogP contribution in [0.25, 0.3) is 0 Å². The van der Waals surface area contributed by atoms with Crippen LogP contribution in [0, 0.1) is 12.3 Å². The molecule has 0 heterocycles. The monoisotopic (exact) mass is 121 g/mol. The van der Waals surface area contributed by atoms with Gasteiger partial charge in [0.15, 0.2) is 0 Å². The van der Waals surface area contributed by atoms with Gasteiger partial charge < -0.3 is 0 Å². The SMILES string of the molecule is C#C/C=C(/CC)N=CC. The molecule has 0 amide bonds. The third kappa shape index (κ3) is 3.54. The van der Waals surface area contributed by atoms with Crippen molar-refractivity contribution in [2.24, 2.45) is 4.99 Å². The second-order valence-electron chi connectivity index (χ2n) is 1.54. The standard InChI is InChI=1S/C8H11N/c1-4-7-8(5-2)9-6-3/h1,6-7H,5H2,2-3H3/b8-7-,9-6?. The fourth-order valence-corrected chi connectivity index (χ4v) is 0.493. The normalized spacial score (nSPS) is 11.9. The molecule has 0 bridgehead atoms. The minimum absolute atomic E-state index is 0.897. The Balaban J connectivity index is 4.02. The number of allylic oxidation sites excluding steroid dienone is 2. The van der Waals surface area contributed by atoms with E-state index in [0.717, 1.165) is 12.1 Å². The molecule has 0 N–H and O–H groups in total. The average molecular weight is 121 g/mol. The average Bonchev–Trinajstić information content (AvgIpc) is 1.88. The Kier molecular flexibility index (Phi) is 4.53. The van der Waals surface area contributed by atoms with Crippen LogP contribution >= 0.6 is 0 Å². The van der Waals surface area contributed by atoms with E-state index in [1.807, 2.05) is 13.8 Å². The van der Waals surface area contributed by atoms with Crippen LogP contribution in [-0.4, -0.2) is 6.21 Å². The fourth-order valence-electron chi connectivity index (χ4n) is 0.493. The molecule has 0 atom stereocenters. The maximum absolute atomic E-state index is 5.03. The summed E-state index contributed by atoms with van der Waals surface area (Å²) in [6.45, 7) is 3.90. The first-order valence-electron chi connectivity index (χ1n) is 2.99. The second-order valence-corrected chi connectivity index (χ2v) is 1.54. The topological polar surface area (TPSA) is 12.4 Å². The Morgan fingerprint density at radius 1 is 1.78 bits per heavy atom. The molecular weight excluding hydrogens is 110 g/mol. The van der Waals surface area contributed by atoms with Gasteiger partial charge in [-0.2, -0.15) is 0 Å². The Bertz CT molecular complexity index is 158. The van der Waals surface area contributed by atoms with Crippen LogP contribution in [0.1, 0.15) is 20.3 Å². The Hall–Kier alpha value is -1.03. The van der Waals surface area contributed by atoms with Gasteiger partial charge in [-0.25, -0.2) is 0 Å². The zero-order valence-corrected chi connectivity index (χ0v) is 5.89. The van der Waals surface area contributed by atoms with Gasteiger partial charge in [-0.1, -0.05) is 12.8 Å². The molecule has 0 rings (SSSR count). The van der Waals surface area contributed by atoms with Crippen LogP contribution in [0.4, 0.5) is 0 Å². The highest BCUT2D eigenvalue weighted by Gasteiger charge is 1.82. The number of terminal acetylenes is 1. The Labute approximate surface area is 56.5 Å². The van der Waals surface area contributed by atoms with Gasteiger partial charge in [0.2, 0.25) is 0 Å². The maximum atomic E-state index is 5.03. The molecule has 0 radical (unpaired) electrons. The molecule has 0 spiro atoms. The van der Waals surface area contributed by atoms with Gasteiger partial charge in [0.25, 0.3) is 0 Å². The molecule has 0 aliphatic carbocycles. The molecule has 0 unspecified atom stereocenters. The summed E-state index contributed by atoms with van der Waals surface area (Å²) in [7, 11) is 0. The number of rotatable bonds is 2. The van der Waals surface area contributed by atoms with Gasteiger partial charge in [0.1, 0.15) is 0 Å². The molecule has 1 heteroatoms. The van der Waals surface area contributed by atoms with E-state index in [0.29, 0.717) is 0 Å². The van der Waals surface area contributed by atoms with E-state index >= 15 is 0 Å². The number of hydrogen-bond acceptors (Lipinski definition) is 1. The maximum Gasteiger partial charge on any atom is 0.0479 e. The van der Waals surface area contributed by atoms with Crippen molar-refractivity contribution in [2.75, 3.05) is 0 Å². The molecule has 0 aliphatic heterocycles. The zero-order valence-electron chi connectivity index (χ0n) is 5.89. The molecule has 0 fully saturated rings. The molecule has 0 aromatic heterocycles. The van der Waals surface area contributed by atoms with Gasteiger partial charge in [0.05, 0.1) is 0 Å². The lowest BCUT2D eigenvalue weighted by molar-refractivity contribution is 1.07. The van der Waals surface area contributed by atoms with Crippen molar-refractivity contribution in [3.05, 3.63) is 11.8 Å². The van der Waals surface area contributed by atoms with Crippen molar-refractivity contribution in [2.45, 2.75) is 20.3 Å².